The summed E-state index contributed by atoms with van der Waals surface area (Å²) < 4.78 is 0. The molecule has 102 valence electrons. The molecule has 17 heavy (non-hydrogen) atoms. The first-order valence-electron chi connectivity index (χ1n) is 6.30. The molecular weight excluding hydrogens is 218 g/mol. The summed E-state index contributed by atoms with van der Waals surface area (Å²) in [6, 6.07) is -0.424. The van der Waals surface area contributed by atoms with E-state index in [1.807, 2.05) is 25.8 Å². The van der Waals surface area contributed by atoms with E-state index < -0.39 is 6.10 Å². The van der Waals surface area contributed by atoms with Crippen molar-refractivity contribution >= 4 is 5.91 Å². The predicted molar refractivity (Wildman–Crippen MR) is 69.9 cm³/mol. The second-order valence-electron chi connectivity index (χ2n) is 4.46. The highest BCUT2D eigenvalue weighted by Crippen LogP contribution is 2.01. The standard InChI is InChI=1S/C12H27N3O2/c1-6-10(11(16)8-15(5)7-2)14-12(17)9(3)13-4/h9-11,13,16H,6-8H2,1-5H3,(H,14,17)/t9?,10?,11-/m0/s1. The summed E-state index contributed by atoms with van der Waals surface area (Å²) in [4.78, 5) is 13.7. The minimum absolute atomic E-state index is 0.0717. The number of rotatable bonds is 8. The van der Waals surface area contributed by atoms with Crippen LogP contribution in [0.3, 0.4) is 0 Å². The zero-order chi connectivity index (χ0) is 13.4. The summed E-state index contributed by atoms with van der Waals surface area (Å²) in [5, 5.41) is 15.8. The van der Waals surface area contributed by atoms with Crippen molar-refractivity contribution in [3.63, 3.8) is 0 Å². The Kier molecular flexibility index (Phi) is 8.12. The van der Waals surface area contributed by atoms with E-state index in [0.29, 0.717) is 6.54 Å². The molecule has 1 amide bonds. The molecule has 0 aromatic rings. The molecule has 0 spiro atoms. The second-order valence-corrected chi connectivity index (χ2v) is 4.46. The van der Waals surface area contributed by atoms with Crippen LogP contribution in [0.15, 0.2) is 0 Å². The molecule has 0 aromatic carbocycles. The van der Waals surface area contributed by atoms with Crippen molar-refractivity contribution in [2.75, 3.05) is 27.2 Å². The third-order valence-electron chi connectivity index (χ3n) is 3.10. The Labute approximate surface area is 105 Å². The summed E-state index contributed by atoms with van der Waals surface area (Å²) in [5.41, 5.74) is 0. The zero-order valence-corrected chi connectivity index (χ0v) is 11.7. The van der Waals surface area contributed by atoms with Gasteiger partial charge in [-0.2, -0.15) is 0 Å². The molecule has 3 atom stereocenters. The molecule has 0 saturated carbocycles. The van der Waals surface area contributed by atoms with Gasteiger partial charge in [-0.15, -0.1) is 0 Å². The van der Waals surface area contributed by atoms with Gasteiger partial charge in [-0.1, -0.05) is 13.8 Å². The average Bonchev–Trinajstić information content (AvgIpc) is 2.33. The Morgan fingerprint density at radius 3 is 2.41 bits per heavy atom. The fourth-order valence-corrected chi connectivity index (χ4v) is 1.48. The highest BCUT2D eigenvalue weighted by Gasteiger charge is 2.22. The van der Waals surface area contributed by atoms with Gasteiger partial charge in [0.05, 0.1) is 18.2 Å². The van der Waals surface area contributed by atoms with Gasteiger partial charge in [0.25, 0.3) is 0 Å². The van der Waals surface area contributed by atoms with E-state index >= 15 is 0 Å². The van der Waals surface area contributed by atoms with Gasteiger partial charge in [0.2, 0.25) is 5.91 Å². The molecule has 2 unspecified atom stereocenters. The Morgan fingerprint density at radius 1 is 1.41 bits per heavy atom. The summed E-state index contributed by atoms with van der Waals surface area (Å²) in [5.74, 6) is -0.0717. The van der Waals surface area contributed by atoms with Crippen molar-refractivity contribution in [1.29, 1.82) is 0 Å². The van der Waals surface area contributed by atoms with E-state index in [9.17, 15) is 9.90 Å². The van der Waals surface area contributed by atoms with Crippen molar-refractivity contribution < 1.29 is 9.90 Å². The van der Waals surface area contributed by atoms with E-state index in [2.05, 4.69) is 10.6 Å². The van der Waals surface area contributed by atoms with Gasteiger partial charge in [-0.3, -0.25) is 4.79 Å². The first-order valence-corrected chi connectivity index (χ1v) is 6.30. The van der Waals surface area contributed by atoms with E-state index in [0.717, 1.165) is 13.0 Å². The molecule has 0 rings (SSSR count). The monoisotopic (exact) mass is 245 g/mol. The lowest BCUT2D eigenvalue weighted by atomic mass is 10.1. The molecule has 0 saturated heterocycles. The lowest BCUT2D eigenvalue weighted by molar-refractivity contribution is -0.124. The molecule has 0 heterocycles. The molecular formula is C12H27N3O2. The molecule has 0 aliphatic carbocycles. The highest BCUT2D eigenvalue weighted by atomic mass is 16.3. The molecule has 0 aromatic heterocycles. The first kappa shape index (κ1) is 16.4. The molecule has 3 N–H and O–H groups in total. The Balaban J connectivity index is 4.27. The van der Waals surface area contributed by atoms with E-state index in [4.69, 9.17) is 0 Å². The minimum Gasteiger partial charge on any atom is -0.390 e. The van der Waals surface area contributed by atoms with Gasteiger partial charge in [-0.05, 0) is 34.0 Å². The maximum atomic E-state index is 11.7. The molecule has 5 heteroatoms. The predicted octanol–water partition coefficient (Wildman–Crippen LogP) is -0.198. The number of aliphatic hydroxyl groups is 1. The third kappa shape index (κ3) is 6.00. The summed E-state index contributed by atoms with van der Waals surface area (Å²) in [7, 11) is 3.69. The van der Waals surface area contributed by atoms with Gasteiger partial charge >= 0.3 is 0 Å². The van der Waals surface area contributed by atoms with Crippen molar-refractivity contribution in [2.24, 2.45) is 0 Å². The fourth-order valence-electron chi connectivity index (χ4n) is 1.48. The van der Waals surface area contributed by atoms with Crippen LogP contribution < -0.4 is 10.6 Å². The van der Waals surface area contributed by atoms with Crippen LogP contribution in [0.4, 0.5) is 0 Å². The van der Waals surface area contributed by atoms with Gasteiger partial charge in [0.1, 0.15) is 0 Å². The number of aliphatic hydroxyl groups excluding tert-OH is 1. The van der Waals surface area contributed by atoms with Gasteiger partial charge in [0, 0.05) is 6.54 Å². The van der Waals surface area contributed by atoms with Crippen molar-refractivity contribution in [1.82, 2.24) is 15.5 Å². The van der Waals surface area contributed by atoms with Crippen LogP contribution in [0.1, 0.15) is 27.2 Å². The lowest BCUT2D eigenvalue weighted by Crippen LogP contribution is -2.51. The van der Waals surface area contributed by atoms with Crippen molar-refractivity contribution in [3.05, 3.63) is 0 Å². The van der Waals surface area contributed by atoms with Crippen molar-refractivity contribution in [2.45, 2.75) is 45.4 Å². The number of nitrogens with one attached hydrogen (secondary N) is 2. The summed E-state index contributed by atoms with van der Waals surface area (Å²) >= 11 is 0. The van der Waals surface area contributed by atoms with Gasteiger partial charge in [0.15, 0.2) is 0 Å². The molecule has 0 fully saturated rings. The number of hydrogen-bond acceptors (Lipinski definition) is 4. The largest absolute Gasteiger partial charge is 0.390 e. The maximum Gasteiger partial charge on any atom is 0.237 e. The SMILES string of the molecule is CCC(NC(=O)C(C)NC)[C@@H](O)CN(C)CC. The van der Waals surface area contributed by atoms with E-state index in [1.165, 1.54) is 0 Å². The van der Waals surface area contributed by atoms with Crippen LogP contribution in [-0.4, -0.2) is 61.3 Å². The van der Waals surface area contributed by atoms with Crippen molar-refractivity contribution in [3.8, 4) is 0 Å². The fraction of sp³-hybridized carbons (Fsp3) is 0.917. The van der Waals surface area contributed by atoms with Crippen LogP contribution in [0, 0.1) is 0 Å². The number of likely N-dealkylation sites (N-methyl/N-ethyl adjacent to an activating group) is 2. The smallest absolute Gasteiger partial charge is 0.237 e. The Hall–Kier alpha value is -0.650. The number of hydrogen-bond donors (Lipinski definition) is 3. The Bertz CT molecular complexity index is 224. The van der Waals surface area contributed by atoms with Crippen LogP contribution >= 0.6 is 0 Å². The molecule has 0 aliphatic heterocycles. The average molecular weight is 245 g/mol. The van der Waals surface area contributed by atoms with E-state index in [1.54, 1.807) is 14.0 Å². The molecule has 5 nitrogen and oxygen atoms in total. The van der Waals surface area contributed by atoms with E-state index in [-0.39, 0.29) is 18.0 Å². The number of nitrogens with zero attached hydrogens (tertiary/aromatic N) is 1. The van der Waals surface area contributed by atoms with Crippen LogP contribution in [0.2, 0.25) is 0 Å². The summed E-state index contributed by atoms with van der Waals surface area (Å²) in [6.07, 6.45) is 0.193. The zero-order valence-electron chi connectivity index (χ0n) is 11.7. The molecule has 0 bridgehead atoms. The molecule has 0 aliphatic rings. The Morgan fingerprint density at radius 2 is 2.00 bits per heavy atom. The normalized spacial score (nSPS) is 16.6. The third-order valence-corrected chi connectivity index (χ3v) is 3.10. The maximum absolute atomic E-state index is 11.7. The van der Waals surface area contributed by atoms with Crippen LogP contribution in [0.25, 0.3) is 0 Å². The second kappa shape index (κ2) is 8.44. The summed E-state index contributed by atoms with van der Waals surface area (Å²) in [6.45, 7) is 7.25. The lowest BCUT2D eigenvalue weighted by Gasteiger charge is -2.27. The molecule has 0 radical (unpaired) electrons. The first-order chi connectivity index (χ1) is 7.96. The number of carbonyl (C=O) groups is 1. The highest BCUT2D eigenvalue weighted by molar-refractivity contribution is 5.81. The number of amides is 1. The van der Waals surface area contributed by atoms with Crippen LogP contribution in [0.5, 0.6) is 0 Å². The van der Waals surface area contributed by atoms with Gasteiger partial charge in [-0.25, -0.2) is 0 Å². The topological polar surface area (TPSA) is 64.6 Å². The van der Waals surface area contributed by atoms with Crippen LogP contribution in [-0.2, 0) is 4.79 Å². The quantitative estimate of drug-likeness (QED) is 0.554. The van der Waals surface area contributed by atoms with Gasteiger partial charge < -0.3 is 20.6 Å². The minimum atomic E-state index is -0.530. The number of carbonyl (C=O) groups excluding carboxylic acids is 1.